The number of nitrogens with one attached hydrogen (secondary N) is 1. The van der Waals surface area contributed by atoms with Gasteiger partial charge >= 0.3 is 0 Å². The lowest BCUT2D eigenvalue weighted by molar-refractivity contribution is 0.0778. The molecule has 6 heteroatoms. The van der Waals surface area contributed by atoms with Crippen LogP contribution in [0.2, 0.25) is 0 Å². The molecule has 1 atom stereocenters. The number of rotatable bonds is 5. The van der Waals surface area contributed by atoms with Crippen molar-refractivity contribution < 1.29 is 13.7 Å². The summed E-state index contributed by atoms with van der Waals surface area (Å²) in [6.07, 6.45) is 1.90. The fraction of sp³-hybridized carbons (Fsp3) is 0.444. The van der Waals surface area contributed by atoms with Gasteiger partial charge in [0.2, 0.25) is 5.89 Å². The van der Waals surface area contributed by atoms with Crippen molar-refractivity contribution in [2.75, 3.05) is 13.2 Å². The van der Waals surface area contributed by atoms with Gasteiger partial charge in [0, 0.05) is 24.5 Å². The van der Waals surface area contributed by atoms with E-state index in [9.17, 15) is 0 Å². The molecule has 4 rings (SSSR count). The second-order valence-electron chi connectivity index (χ2n) is 6.22. The minimum Gasteiger partial charge on any atom is -0.459 e. The van der Waals surface area contributed by atoms with E-state index >= 15 is 0 Å². The fourth-order valence-corrected chi connectivity index (χ4v) is 3.01. The molecular formula is C18H21N3O3. The van der Waals surface area contributed by atoms with E-state index in [4.69, 9.17) is 13.7 Å². The molecule has 1 aromatic carbocycles. The van der Waals surface area contributed by atoms with Crippen molar-refractivity contribution in [1.29, 1.82) is 0 Å². The highest BCUT2D eigenvalue weighted by Crippen LogP contribution is 2.26. The topological polar surface area (TPSA) is 73.3 Å². The Morgan fingerprint density at radius 3 is 2.92 bits per heavy atom. The third-order valence-corrected chi connectivity index (χ3v) is 4.49. The Morgan fingerprint density at radius 2 is 2.08 bits per heavy atom. The summed E-state index contributed by atoms with van der Waals surface area (Å²) in [5.41, 5.74) is 0.905. The Kier molecular flexibility index (Phi) is 4.32. The molecule has 0 spiro atoms. The lowest BCUT2D eigenvalue weighted by Crippen LogP contribution is -2.18. The van der Waals surface area contributed by atoms with Gasteiger partial charge in [-0.3, -0.25) is 0 Å². The molecular weight excluding hydrogens is 306 g/mol. The zero-order valence-corrected chi connectivity index (χ0v) is 13.7. The number of ether oxygens (including phenoxy) is 1. The first-order chi connectivity index (χ1) is 11.8. The van der Waals surface area contributed by atoms with E-state index in [1.54, 1.807) is 0 Å². The van der Waals surface area contributed by atoms with E-state index in [2.05, 4.69) is 34.5 Å². The normalized spacial score (nSPS) is 17.4. The van der Waals surface area contributed by atoms with Gasteiger partial charge in [0.1, 0.15) is 11.3 Å². The first kappa shape index (κ1) is 15.4. The van der Waals surface area contributed by atoms with Gasteiger partial charge in [-0.05, 0) is 31.9 Å². The van der Waals surface area contributed by atoms with E-state index in [1.165, 1.54) is 0 Å². The maximum absolute atomic E-state index is 5.88. The van der Waals surface area contributed by atoms with Gasteiger partial charge in [-0.1, -0.05) is 23.4 Å². The van der Waals surface area contributed by atoms with E-state index < -0.39 is 0 Å². The number of benzene rings is 1. The van der Waals surface area contributed by atoms with Crippen LogP contribution in [0.1, 0.15) is 49.2 Å². The molecule has 126 valence electrons. The monoisotopic (exact) mass is 327 g/mol. The maximum Gasteiger partial charge on any atom is 0.229 e. The molecule has 1 saturated heterocycles. The molecule has 0 amide bonds. The first-order valence-corrected chi connectivity index (χ1v) is 8.41. The zero-order valence-electron chi connectivity index (χ0n) is 13.7. The summed E-state index contributed by atoms with van der Waals surface area (Å²) in [5.74, 6) is 2.64. The Bertz CT molecular complexity index is 772. The predicted molar refractivity (Wildman–Crippen MR) is 88.6 cm³/mol. The van der Waals surface area contributed by atoms with Crippen LogP contribution in [0.5, 0.6) is 0 Å². The molecule has 0 radical (unpaired) electrons. The second kappa shape index (κ2) is 6.75. The van der Waals surface area contributed by atoms with Crippen LogP contribution in [0.25, 0.3) is 11.0 Å². The zero-order chi connectivity index (χ0) is 16.4. The van der Waals surface area contributed by atoms with Gasteiger partial charge in [-0.25, -0.2) is 0 Å². The van der Waals surface area contributed by atoms with Crippen molar-refractivity contribution in [3.05, 3.63) is 47.8 Å². The van der Waals surface area contributed by atoms with Crippen molar-refractivity contribution in [2.45, 2.75) is 38.3 Å². The van der Waals surface area contributed by atoms with Crippen molar-refractivity contribution in [3.63, 3.8) is 0 Å². The van der Waals surface area contributed by atoms with Gasteiger partial charge in [0.15, 0.2) is 5.82 Å². The number of nitrogens with zero attached hydrogens (tertiary/aromatic N) is 2. The van der Waals surface area contributed by atoms with Gasteiger partial charge in [-0.2, -0.15) is 4.98 Å². The standard InChI is InChI=1S/C18H21N3O3/c1-12(16-10-14-4-2-3-5-15(14)23-16)19-11-17-20-18(24-21-17)13-6-8-22-9-7-13/h2-5,10,12-13,19H,6-9,11H2,1H3. The second-order valence-corrected chi connectivity index (χ2v) is 6.22. The lowest BCUT2D eigenvalue weighted by Gasteiger charge is -2.17. The van der Waals surface area contributed by atoms with E-state index in [0.29, 0.717) is 18.3 Å². The molecule has 2 aromatic heterocycles. The fourth-order valence-electron chi connectivity index (χ4n) is 3.01. The van der Waals surface area contributed by atoms with Crippen LogP contribution >= 0.6 is 0 Å². The van der Waals surface area contributed by atoms with Crippen LogP contribution in [0.3, 0.4) is 0 Å². The minimum absolute atomic E-state index is 0.0717. The van der Waals surface area contributed by atoms with Crippen LogP contribution in [-0.2, 0) is 11.3 Å². The van der Waals surface area contributed by atoms with E-state index in [0.717, 1.165) is 48.7 Å². The predicted octanol–water partition coefficient (Wildman–Crippen LogP) is 3.56. The summed E-state index contributed by atoms with van der Waals surface area (Å²) in [7, 11) is 0. The van der Waals surface area contributed by atoms with Gasteiger partial charge in [0.05, 0.1) is 12.6 Å². The van der Waals surface area contributed by atoms with Crippen LogP contribution in [0, 0.1) is 0 Å². The Hall–Kier alpha value is -2.18. The number of aromatic nitrogens is 2. The molecule has 0 aliphatic carbocycles. The summed E-state index contributed by atoms with van der Waals surface area (Å²) in [5, 5.41) is 8.58. The maximum atomic E-state index is 5.88. The van der Waals surface area contributed by atoms with Crippen LogP contribution in [0.4, 0.5) is 0 Å². The highest BCUT2D eigenvalue weighted by molar-refractivity contribution is 5.77. The average molecular weight is 327 g/mol. The average Bonchev–Trinajstić information content (AvgIpc) is 3.27. The first-order valence-electron chi connectivity index (χ1n) is 8.41. The van der Waals surface area contributed by atoms with Crippen molar-refractivity contribution in [2.24, 2.45) is 0 Å². The SMILES string of the molecule is CC(NCc1noc(C2CCOCC2)n1)c1cc2ccccc2o1. The molecule has 1 fully saturated rings. The minimum atomic E-state index is 0.0717. The third-order valence-electron chi connectivity index (χ3n) is 4.49. The molecule has 1 unspecified atom stereocenters. The summed E-state index contributed by atoms with van der Waals surface area (Å²) in [4.78, 5) is 4.52. The summed E-state index contributed by atoms with van der Waals surface area (Å²) < 4.78 is 16.7. The van der Waals surface area contributed by atoms with E-state index in [-0.39, 0.29) is 6.04 Å². The van der Waals surface area contributed by atoms with Gasteiger partial charge in [-0.15, -0.1) is 0 Å². The lowest BCUT2D eigenvalue weighted by atomic mass is 10.0. The van der Waals surface area contributed by atoms with Crippen LogP contribution in [-0.4, -0.2) is 23.4 Å². The molecule has 3 heterocycles. The molecule has 3 aromatic rings. The number of fused-ring (bicyclic) bond motifs is 1. The van der Waals surface area contributed by atoms with Gasteiger partial charge < -0.3 is 19.0 Å². The van der Waals surface area contributed by atoms with Crippen LogP contribution in [0.15, 0.2) is 39.3 Å². The quantitative estimate of drug-likeness (QED) is 0.772. The van der Waals surface area contributed by atoms with E-state index in [1.807, 2.05) is 18.2 Å². The Labute approximate surface area is 140 Å². The highest BCUT2D eigenvalue weighted by Gasteiger charge is 2.22. The van der Waals surface area contributed by atoms with Crippen molar-refractivity contribution >= 4 is 11.0 Å². The Balaban J connectivity index is 1.38. The molecule has 1 aliphatic rings. The summed E-state index contributed by atoms with van der Waals surface area (Å²) in [6.45, 7) is 4.15. The smallest absolute Gasteiger partial charge is 0.229 e. The highest BCUT2D eigenvalue weighted by atomic mass is 16.5. The van der Waals surface area contributed by atoms with Crippen molar-refractivity contribution in [1.82, 2.24) is 15.5 Å². The third kappa shape index (κ3) is 3.20. The number of hydrogen-bond acceptors (Lipinski definition) is 6. The molecule has 0 saturated carbocycles. The molecule has 1 N–H and O–H groups in total. The van der Waals surface area contributed by atoms with Crippen molar-refractivity contribution in [3.8, 4) is 0 Å². The van der Waals surface area contributed by atoms with Gasteiger partial charge in [0.25, 0.3) is 0 Å². The number of hydrogen-bond donors (Lipinski definition) is 1. The number of para-hydroxylation sites is 1. The van der Waals surface area contributed by atoms with Crippen LogP contribution < -0.4 is 5.32 Å². The molecule has 0 bridgehead atoms. The largest absolute Gasteiger partial charge is 0.459 e. The Morgan fingerprint density at radius 1 is 1.25 bits per heavy atom. The summed E-state index contributed by atoms with van der Waals surface area (Å²) >= 11 is 0. The summed E-state index contributed by atoms with van der Waals surface area (Å²) in [6, 6.07) is 10.2. The molecule has 6 nitrogen and oxygen atoms in total. The molecule has 24 heavy (non-hydrogen) atoms. The number of furan rings is 1. The molecule has 1 aliphatic heterocycles.